The number of hydrogen-bond donors (Lipinski definition) is 1. The van der Waals surface area contributed by atoms with Crippen molar-refractivity contribution in [2.45, 2.75) is 46.2 Å². The molecule has 1 atom stereocenters. The maximum absolute atomic E-state index is 4.47. The van der Waals surface area contributed by atoms with E-state index in [0.717, 1.165) is 18.6 Å². The van der Waals surface area contributed by atoms with Crippen LogP contribution in [0, 0.1) is 5.92 Å². The number of imidazole rings is 1. The van der Waals surface area contributed by atoms with Crippen molar-refractivity contribution in [2.75, 3.05) is 6.54 Å². The van der Waals surface area contributed by atoms with E-state index in [4.69, 9.17) is 0 Å². The van der Waals surface area contributed by atoms with Crippen molar-refractivity contribution in [1.82, 2.24) is 14.9 Å². The molecule has 0 spiro atoms. The normalized spacial score (nSPS) is 13.3. The number of nitrogens with one attached hydrogen (secondary N) is 1. The van der Waals surface area contributed by atoms with Crippen molar-refractivity contribution in [3.8, 4) is 0 Å². The fourth-order valence-corrected chi connectivity index (χ4v) is 2.53. The Labute approximate surface area is 116 Å². The topological polar surface area (TPSA) is 29.9 Å². The van der Waals surface area contributed by atoms with Gasteiger partial charge in [0.15, 0.2) is 0 Å². The minimum Gasteiger partial charge on any atom is -0.329 e. The largest absolute Gasteiger partial charge is 0.329 e. The number of benzene rings is 1. The molecule has 19 heavy (non-hydrogen) atoms. The lowest BCUT2D eigenvalue weighted by molar-refractivity contribution is 0.381. The van der Waals surface area contributed by atoms with Gasteiger partial charge in [-0.1, -0.05) is 32.9 Å². The van der Waals surface area contributed by atoms with Gasteiger partial charge >= 0.3 is 0 Å². The van der Waals surface area contributed by atoms with Crippen LogP contribution < -0.4 is 5.32 Å². The average Bonchev–Trinajstić information content (AvgIpc) is 2.79. The van der Waals surface area contributed by atoms with E-state index in [1.807, 2.05) is 12.4 Å². The molecule has 1 heterocycles. The molecule has 2 rings (SSSR count). The van der Waals surface area contributed by atoms with Crippen molar-refractivity contribution >= 4 is 11.0 Å². The molecule has 1 N–H and O–H groups in total. The number of fused-ring (bicyclic) bond motifs is 1. The number of para-hydroxylation sites is 2. The zero-order chi connectivity index (χ0) is 13.7. The lowest BCUT2D eigenvalue weighted by Crippen LogP contribution is -2.34. The lowest BCUT2D eigenvalue weighted by atomic mass is 10.0. The molecule has 1 aromatic heterocycles. The quantitative estimate of drug-likeness (QED) is 0.825. The van der Waals surface area contributed by atoms with Crippen LogP contribution in [0.25, 0.3) is 11.0 Å². The average molecular weight is 259 g/mol. The summed E-state index contributed by atoms with van der Waals surface area (Å²) in [5, 5.41) is 3.66. The first-order valence-electron chi connectivity index (χ1n) is 7.34. The minimum atomic E-state index is 0.526. The molecule has 104 valence electrons. The van der Waals surface area contributed by atoms with Crippen molar-refractivity contribution in [1.29, 1.82) is 0 Å². The highest BCUT2D eigenvalue weighted by molar-refractivity contribution is 5.74. The highest BCUT2D eigenvalue weighted by Crippen LogP contribution is 2.14. The predicted octanol–water partition coefficient (Wildman–Crippen LogP) is 3.45. The highest BCUT2D eigenvalue weighted by Gasteiger charge is 2.12. The first kappa shape index (κ1) is 14.1. The van der Waals surface area contributed by atoms with Crippen LogP contribution in [0.3, 0.4) is 0 Å². The first-order valence-corrected chi connectivity index (χ1v) is 7.34. The van der Waals surface area contributed by atoms with E-state index < -0.39 is 0 Å². The Morgan fingerprint density at radius 2 is 2.05 bits per heavy atom. The third kappa shape index (κ3) is 3.80. The molecular formula is C16H25N3. The molecule has 3 heteroatoms. The third-order valence-corrected chi connectivity index (χ3v) is 3.38. The highest BCUT2D eigenvalue weighted by atomic mass is 15.1. The molecule has 1 unspecified atom stereocenters. The van der Waals surface area contributed by atoms with Crippen LogP contribution in [0.2, 0.25) is 0 Å². The first-order chi connectivity index (χ1) is 9.20. The summed E-state index contributed by atoms with van der Waals surface area (Å²) in [6.45, 7) is 8.87. The maximum Gasteiger partial charge on any atom is 0.0958 e. The Bertz CT molecular complexity index is 501. The van der Waals surface area contributed by atoms with Crippen LogP contribution in [-0.4, -0.2) is 22.1 Å². The van der Waals surface area contributed by atoms with Gasteiger partial charge in [0.25, 0.3) is 0 Å². The Balaban J connectivity index is 2.11. The number of rotatable bonds is 7. The molecule has 0 aliphatic carbocycles. The van der Waals surface area contributed by atoms with E-state index >= 15 is 0 Å². The smallest absolute Gasteiger partial charge is 0.0958 e. The van der Waals surface area contributed by atoms with Gasteiger partial charge in [0.05, 0.1) is 17.4 Å². The summed E-state index contributed by atoms with van der Waals surface area (Å²) in [5.41, 5.74) is 2.32. The van der Waals surface area contributed by atoms with Gasteiger partial charge in [0.2, 0.25) is 0 Å². The third-order valence-electron chi connectivity index (χ3n) is 3.38. The lowest BCUT2D eigenvalue weighted by Gasteiger charge is -2.21. The molecular weight excluding hydrogens is 234 g/mol. The second-order valence-corrected chi connectivity index (χ2v) is 5.67. The molecule has 1 aromatic carbocycles. The van der Waals surface area contributed by atoms with E-state index in [-0.39, 0.29) is 0 Å². The van der Waals surface area contributed by atoms with Gasteiger partial charge in [-0.15, -0.1) is 0 Å². The predicted molar refractivity (Wildman–Crippen MR) is 81.3 cm³/mol. The van der Waals surface area contributed by atoms with Crippen LogP contribution in [0.4, 0.5) is 0 Å². The maximum atomic E-state index is 4.47. The summed E-state index contributed by atoms with van der Waals surface area (Å²) >= 11 is 0. The van der Waals surface area contributed by atoms with Gasteiger partial charge in [-0.05, 0) is 37.4 Å². The number of aromatic nitrogens is 2. The summed E-state index contributed by atoms with van der Waals surface area (Å²) in [4.78, 5) is 4.47. The fraction of sp³-hybridized carbons (Fsp3) is 0.562. The molecule has 0 aliphatic heterocycles. The van der Waals surface area contributed by atoms with Gasteiger partial charge in [0.1, 0.15) is 0 Å². The standard InChI is InChI=1S/C16H25N3/c1-4-9-17-14(10-13(2)3)11-19-12-18-15-7-5-6-8-16(15)19/h5-8,12-14,17H,4,9-11H2,1-3H3. The summed E-state index contributed by atoms with van der Waals surface area (Å²) in [6, 6.07) is 8.87. The number of hydrogen-bond acceptors (Lipinski definition) is 2. The molecule has 3 nitrogen and oxygen atoms in total. The SMILES string of the molecule is CCCNC(CC(C)C)Cn1cnc2ccccc21. The number of nitrogens with zero attached hydrogens (tertiary/aromatic N) is 2. The summed E-state index contributed by atoms with van der Waals surface area (Å²) in [6.07, 6.45) is 4.34. The Hall–Kier alpha value is -1.35. The van der Waals surface area contributed by atoms with Crippen molar-refractivity contribution in [2.24, 2.45) is 5.92 Å². The van der Waals surface area contributed by atoms with Gasteiger partial charge in [-0.2, -0.15) is 0 Å². The fourth-order valence-electron chi connectivity index (χ4n) is 2.53. The van der Waals surface area contributed by atoms with E-state index in [2.05, 4.69) is 53.8 Å². The van der Waals surface area contributed by atoms with Crippen molar-refractivity contribution < 1.29 is 0 Å². The second-order valence-electron chi connectivity index (χ2n) is 5.67. The monoisotopic (exact) mass is 259 g/mol. The van der Waals surface area contributed by atoms with Crippen LogP contribution >= 0.6 is 0 Å². The van der Waals surface area contributed by atoms with E-state index in [9.17, 15) is 0 Å². The molecule has 0 bridgehead atoms. The zero-order valence-electron chi connectivity index (χ0n) is 12.3. The summed E-state index contributed by atoms with van der Waals surface area (Å²) in [5.74, 6) is 0.712. The zero-order valence-corrected chi connectivity index (χ0v) is 12.3. The molecule has 0 amide bonds. The van der Waals surface area contributed by atoms with Crippen molar-refractivity contribution in [3.63, 3.8) is 0 Å². The molecule has 0 fully saturated rings. The summed E-state index contributed by atoms with van der Waals surface area (Å²) in [7, 11) is 0. The molecule has 2 aromatic rings. The van der Waals surface area contributed by atoms with Crippen LogP contribution in [0.1, 0.15) is 33.6 Å². The van der Waals surface area contributed by atoms with Gasteiger partial charge in [-0.25, -0.2) is 4.98 Å². The Morgan fingerprint density at radius 1 is 1.26 bits per heavy atom. The van der Waals surface area contributed by atoms with Crippen molar-refractivity contribution in [3.05, 3.63) is 30.6 Å². The minimum absolute atomic E-state index is 0.526. The molecule has 0 aliphatic rings. The van der Waals surface area contributed by atoms with Gasteiger partial charge in [-0.3, -0.25) is 0 Å². The van der Waals surface area contributed by atoms with E-state index in [1.165, 1.54) is 18.4 Å². The Morgan fingerprint density at radius 3 is 2.79 bits per heavy atom. The molecule has 0 radical (unpaired) electrons. The van der Waals surface area contributed by atoms with E-state index in [1.54, 1.807) is 0 Å². The van der Waals surface area contributed by atoms with E-state index in [0.29, 0.717) is 12.0 Å². The summed E-state index contributed by atoms with van der Waals surface area (Å²) < 4.78 is 2.27. The molecule has 0 saturated carbocycles. The van der Waals surface area contributed by atoms with Gasteiger partial charge < -0.3 is 9.88 Å². The van der Waals surface area contributed by atoms with Gasteiger partial charge in [0, 0.05) is 12.6 Å². The van der Waals surface area contributed by atoms with Crippen LogP contribution in [0.5, 0.6) is 0 Å². The molecule has 0 saturated heterocycles. The Kier molecular flexibility index (Phi) is 4.97. The van der Waals surface area contributed by atoms with Crippen LogP contribution in [0.15, 0.2) is 30.6 Å². The second kappa shape index (κ2) is 6.71. The van der Waals surface area contributed by atoms with Crippen LogP contribution in [-0.2, 0) is 6.54 Å².